The predicted octanol–water partition coefficient (Wildman–Crippen LogP) is 3.01. The minimum atomic E-state index is -1.34. The Bertz CT molecular complexity index is 435. The number of hydrogen-bond acceptors (Lipinski definition) is 2. The van der Waals surface area contributed by atoms with Crippen LogP contribution >= 0.6 is 0 Å². The molecule has 0 radical (unpaired) electrons. The average Bonchev–Trinajstić information content (AvgIpc) is 2.28. The van der Waals surface area contributed by atoms with Gasteiger partial charge in [-0.2, -0.15) is 0 Å². The largest absolute Gasteiger partial charge is 0.481 e. The van der Waals surface area contributed by atoms with E-state index in [0.29, 0.717) is 12.0 Å². The third kappa shape index (κ3) is 2.91. The van der Waals surface area contributed by atoms with Gasteiger partial charge in [-0.1, -0.05) is 37.1 Å². The van der Waals surface area contributed by atoms with Crippen molar-refractivity contribution in [2.75, 3.05) is 0 Å². The van der Waals surface area contributed by atoms with Crippen molar-refractivity contribution < 1.29 is 15.0 Å². The zero-order valence-corrected chi connectivity index (χ0v) is 11.5. The average molecular weight is 250 g/mol. The number of carboxylic acid groups (broad SMARTS) is 1. The van der Waals surface area contributed by atoms with E-state index in [4.69, 9.17) is 0 Å². The number of carbonyl (C=O) groups is 1. The van der Waals surface area contributed by atoms with Crippen LogP contribution in [0, 0.1) is 19.8 Å². The maximum Gasteiger partial charge on any atom is 0.309 e. The van der Waals surface area contributed by atoms with E-state index in [-0.39, 0.29) is 0 Å². The van der Waals surface area contributed by atoms with E-state index >= 15 is 0 Å². The molecular weight excluding hydrogens is 228 g/mol. The molecule has 3 nitrogen and oxygen atoms in total. The van der Waals surface area contributed by atoms with Crippen LogP contribution in [-0.4, -0.2) is 16.2 Å². The Balaban J connectivity index is 3.24. The standard InChI is InChI=1S/C15H22O3/c1-5-6-12(14(16)17)15(4,18)13-9-10(2)7-8-11(13)3/h7-9,12,18H,5-6H2,1-4H3,(H,16,17). The van der Waals surface area contributed by atoms with Crippen molar-refractivity contribution in [2.24, 2.45) is 5.92 Å². The van der Waals surface area contributed by atoms with Crippen molar-refractivity contribution in [3.63, 3.8) is 0 Å². The van der Waals surface area contributed by atoms with Gasteiger partial charge in [0.15, 0.2) is 0 Å². The molecule has 0 aliphatic heterocycles. The summed E-state index contributed by atoms with van der Waals surface area (Å²) >= 11 is 0. The molecule has 1 rings (SSSR count). The number of aliphatic carboxylic acids is 1. The van der Waals surface area contributed by atoms with Crippen molar-refractivity contribution in [2.45, 2.75) is 46.1 Å². The second-order valence-corrected chi connectivity index (χ2v) is 5.15. The fourth-order valence-corrected chi connectivity index (χ4v) is 2.40. The molecule has 0 bridgehead atoms. The summed E-state index contributed by atoms with van der Waals surface area (Å²) in [5.41, 5.74) is 1.32. The zero-order valence-electron chi connectivity index (χ0n) is 11.5. The van der Waals surface area contributed by atoms with Crippen molar-refractivity contribution in [3.05, 3.63) is 34.9 Å². The summed E-state index contributed by atoms with van der Waals surface area (Å²) in [5.74, 6) is -1.72. The van der Waals surface area contributed by atoms with Crippen LogP contribution in [-0.2, 0) is 10.4 Å². The lowest BCUT2D eigenvalue weighted by atomic mass is 9.78. The van der Waals surface area contributed by atoms with Crippen LogP contribution in [0.3, 0.4) is 0 Å². The highest BCUT2D eigenvalue weighted by Crippen LogP contribution is 2.35. The fourth-order valence-electron chi connectivity index (χ4n) is 2.40. The number of benzene rings is 1. The zero-order chi connectivity index (χ0) is 13.9. The van der Waals surface area contributed by atoms with Crippen LogP contribution in [0.4, 0.5) is 0 Å². The van der Waals surface area contributed by atoms with Crippen LogP contribution in [0.15, 0.2) is 18.2 Å². The van der Waals surface area contributed by atoms with Gasteiger partial charge in [-0.05, 0) is 38.3 Å². The third-order valence-corrected chi connectivity index (χ3v) is 3.49. The maximum atomic E-state index is 11.3. The fraction of sp³-hybridized carbons (Fsp3) is 0.533. The molecule has 100 valence electrons. The first kappa shape index (κ1) is 14.7. The molecule has 2 atom stereocenters. The van der Waals surface area contributed by atoms with Crippen LogP contribution in [0.2, 0.25) is 0 Å². The summed E-state index contributed by atoms with van der Waals surface area (Å²) in [5, 5.41) is 20.0. The lowest BCUT2D eigenvalue weighted by Gasteiger charge is -2.32. The van der Waals surface area contributed by atoms with E-state index in [2.05, 4.69) is 0 Å². The SMILES string of the molecule is CCCC(C(=O)O)C(C)(O)c1cc(C)ccc1C. The Morgan fingerprint density at radius 1 is 1.39 bits per heavy atom. The molecule has 2 unspecified atom stereocenters. The van der Waals surface area contributed by atoms with E-state index in [1.165, 1.54) is 0 Å². The van der Waals surface area contributed by atoms with Gasteiger partial charge in [-0.15, -0.1) is 0 Å². The number of rotatable bonds is 5. The first-order valence-corrected chi connectivity index (χ1v) is 6.33. The van der Waals surface area contributed by atoms with Gasteiger partial charge in [0.2, 0.25) is 0 Å². The Labute approximate surface area is 108 Å². The van der Waals surface area contributed by atoms with Gasteiger partial charge in [-0.3, -0.25) is 4.79 Å². The first-order valence-electron chi connectivity index (χ1n) is 6.33. The predicted molar refractivity (Wildman–Crippen MR) is 71.5 cm³/mol. The normalized spacial score (nSPS) is 16.1. The van der Waals surface area contributed by atoms with Crippen molar-refractivity contribution >= 4 is 5.97 Å². The molecule has 1 aromatic rings. The summed E-state index contributed by atoms with van der Waals surface area (Å²) in [6.45, 7) is 7.36. The molecule has 2 N–H and O–H groups in total. The quantitative estimate of drug-likeness (QED) is 0.844. The summed E-state index contributed by atoms with van der Waals surface area (Å²) in [6.07, 6.45) is 1.20. The third-order valence-electron chi connectivity index (χ3n) is 3.49. The van der Waals surface area contributed by atoms with E-state index in [9.17, 15) is 15.0 Å². The summed E-state index contributed by atoms with van der Waals surface area (Å²) in [7, 11) is 0. The molecule has 18 heavy (non-hydrogen) atoms. The molecule has 3 heteroatoms. The van der Waals surface area contributed by atoms with Gasteiger partial charge >= 0.3 is 5.97 Å². The van der Waals surface area contributed by atoms with Crippen molar-refractivity contribution in [1.29, 1.82) is 0 Å². The molecule has 0 aliphatic carbocycles. The smallest absolute Gasteiger partial charge is 0.309 e. The van der Waals surface area contributed by atoms with Crippen LogP contribution < -0.4 is 0 Å². The second kappa shape index (κ2) is 5.53. The maximum absolute atomic E-state index is 11.3. The minimum Gasteiger partial charge on any atom is -0.481 e. The van der Waals surface area contributed by atoms with E-state index in [1.807, 2.05) is 39.0 Å². The van der Waals surface area contributed by atoms with Crippen LogP contribution in [0.1, 0.15) is 43.4 Å². The molecule has 0 saturated carbocycles. The molecule has 1 aromatic carbocycles. The topological polar surface area (TPSA) is 57.5 Å². The van der Waals surface area contributed by atoms with Gasteiger partial charge < -0.3 is 10.2 Å². The Morgan fingerprint density at radius 3 is 2.50 bits per heavy atom. The minimum absolute atomic E-state index is 0.468. The number of aryl methyl sites for hydroxylation is 2. The molecule has 0 spiro atoms. The molecule has 0 saturated heterocycles. The highest BCUT2D eigenvalue weighted by Gasteiger charge is 2.39. The van der Waals surface area contributed by atoms with Crippen LogP contribution in [0.5, 0.6) is 0 Å². The highest BCUT2D eigenvalue weighted by atomic mass is 16.4. The Morgan fingerprint density at radius 2 is 2.00 bits per heavy atom. The number of aliphatic hydroxyl groups is 1. The molecule has 0 heterocycles. The first-order chi connectivity index (χ1) is 8.30. The molecule has 0 aromatic heterocycles. The van der Waals surface area contributed by atoms with Gasteiger partial charge in [-0.25, -0.2) is 0 Å². The van der Waals surface area contributed by atoms with E-state index in [1.54, 1.807) is 6.92 Å². The lowest BCUT2D eigenvalue weighted by Crippen LogP contribution is -2.37. The van der Waals surface area contributed by atoms with Gasteiger partial charge in [0.1, 0.15) is 5.60 Å². The highest BCUT2D eigenvalue weighted by molar-refractivity contribution is 5.72. The summed E-state index contributed by atoms with van der Waals surface area (Å²) < 4.78 is 0. The van der Waals surface area contributed by atoms with Gasteiger partial charge in [0.05, 0.1) is 5.92 Å². The second-order valence-electron chi connectivity index (χ2n) is 5.15. The lowest BCUT2D eigenvalue weighted by molar-refractivity contribution is -0.152. The Hall–Kier alpha value is -1.35. The van der Waals surface area contributed by atoms with E-state index < -0.39 is 17.5 Å². The van der Waals surface area contributed by atoms with Crippen molar-refractivity contribution in [3.8, 4) is 0 Å². The Kier molecular flexibility index (Phi) is 4.52. The summed E-state index contributed by atoms with van der Waals surface area (Å²) in [4.78, 5) is 11.3. The number of carboxylic acids is 1. The monoisotopic (exact) mass is 250 g/mol. The number of hydrogen-bond donors (Lipinski definition) is 2. The summed E-state index contributed by atoms with van der Waals surface area (Å²) in [6, 6.07) is 5.76. The van der Waals surface area contributed by atoms with Crippen LogP contribution in [0.25, 0.3) is 0 Å². The molecule has 0 fully saturated rings. The molecule has 0 aliphatic rings. The molecular formula is C15H22O3. The van der Waals surface area contributed by atoms with E-state index in [0.717, 1.165) is 17.5 Å². The van der Waals surface area contributed by atoms with Gasteiger partial charge in [0, 0.05) is 0 Å². The van der Waals surface area contributed by atoms with Crippen molar-refractivity contribution in [1.82, 2.24) is 0 Å². The molecule has 0 amide bonds. The van der Waals surface area contributed by atoms with Gasteiger partial charge in [0.25, 0.3) is 0 Å².